The van der Waals surface area contributed by atoms with Crippen molar-refractivity contribution in [3.05, 3.63) is 116 Å². The summed E-state index contributed by atoms with van der Waals surface area (Å²) < 4.78 is 31.3. The average molecular weight is 706 g/mol. The fourth-order valence-electron chi connectivity index (χ4n) is 5.27. The second kappa shape index (κ2) is 14.4. The van der Waals surface area contributed by atoms with Gasteiger partial charge in [-0.1, -0.05) is 54.7 Å². The number of halogens is 5. The molecule has 47 heavy (non-hydrogen) atoms. The van der Waals surface area contributed by atoms with Crippen LogP contribution in [0, 0.1) is 11.6 Å². The highest BCUT2D eigenvalue weighted by molar-refractivity contribution is 6.42. The van der Waals surface area contributed by atoms with Crippen molar-refractivity contribution >= 4 is 52.5 Å². The smallest absolute Gasteiger partial charge is 0.331 e. The normalized spacial score (nSPS) is 12.9. The summed E-state index contributed by atoms with van der Waals surface area (Å²) in [4.78, 5) is 33.7. The number of aromatic nitrogens is 2. The minimum atomic E-state index is -2.35. The Morgan fingerprint density at radius 3 is 2.23 bits per heavy atom. The molecule has 0 bridgehead atoms. The van der Waals surface area contributed by atoms with Gasteiger partial charge >= 0.3 is 5.97 Å². The monoisotopic (exact) mass is 704 g/mol. The van der Waals surface area contributed by atoms with Crippen molar-refractivity contribution in [2.24, 2.45) is 22.2 Å². The molecule has 7 N–H and O–H groups in total. The highest BCUT2D eigenvalue weighted by Gasteiger charge is 2.42. The van der Waals surface area contributed by atoms with Crippen molar-refractivity contribution in [3.63, 3.8) is 0 Å². The first-order valence-electron chi connectivity index (χ1n) is 14.4. The van der Waals surface area contributed by atoms with Crippen LogP contribution < -0.4 is 17.2 Å². The van der Waals surface area contributed by atoms with Gasteiger partial charge in [-0.05, 0) is 73.4 Å². The van der Waals surface area contributed by atoms with Gasteiger partial charge in [0.2, 0.25) is 0 Å². The van der Waals surface area contributed by atoms with E-state index in [1.807, 2.05) is 24.5 Å². The van der Waals surface area contributed by atoms with Crippen molar-refractivity contribution in [1.82, 2.24) is 9.55 Å². The van der Waals surface area contributed by atoms with Gasteiger partial charge in [0.25, 0.3) is 0 Å². The van der Waals surface area contributed by atoms with E-state index in [2.05, 4.69) is 9.98 Å². The Labute approximate surface area is 285 Å². The lowest BCUT2D eigenvalue weighted by Crippen LogP contribution is -2.55. The maximum Gasteiger partial charge on any atom is 0.331 e. The van der Waals surface area contributed by atoms with Crippen LogP contribution in [0.5, 0.6) is 0 Å². The van der Waals surface area contributed by atoms with Crippen molar-refractivity contribution in [1.29, 1.82) is 0 Å². The molecule has 4 rings (SSSR count). The zero-order valence-electron chi connectivity index (χ0n) is 25.5. The highest BCUT2D eigenvalue weighted by atomic mass is 35.5. The molecule has 0 amide bonds. The van der Waals surface area contributed by atoms with Crippen LogP contribution in [0.2, 0.25) is 15.1 Å². The Morgan fingerprint density at radius 2 is 1.64 bits per heavy atom. The summed E-state index contributed by atoms with van der Waals surface area (Å²) in [5.41, 5.74) is 15.6. The third kappa shape index (κ3) is 7.76. The number of nitrogens with zero attached hydrogens (tertiary/aromatic N) is 3. The topological polar surface area (TPSA) is 163 Å². The molecule has 0 unspecified atom stereocenters. The van der Waals surface area contributed by atoms with E-state index in [1.165, 1.54) is 18.2 Å². The van der Waals surface area contributed by atoms with E-state index in [-0.39, 0.29) is 54.3 Å². The second-order valence-corrected chi connectivity index (χ2v) is 12.8. The van der Waals surface area contributed by atoms with Crippen molar-refractivity contribution in [3.8, 4) is 5.69 Å². The molecule has 3 aromatic carbocycles. The number of Topliss-reactive ketones (excluding diaryl/α,β-unsaturated/α-hetero) is 1. The molecule has 0 spiro atoms. The number of hydrogen-bond acceptors (Lipinski definition) is 5. The van der Waals surface area contributed by atoms with Crippen molar-refractivity contribution in [2.45, 2.75) is 50.5 Å². The van der Waals surface area contributed by atoms with E-state index in [4.69, 9.17) is 52.0 Å². The number of carbonyl (C=O) groups is 2. The van der Waals surface area contributed by atoms with Crippen LogP contribution >= 0.6 is 34.8 Å². The minimum Gasteiger partial charge on any atom is -0.480 e. The third-order valence-electron chi connectivity index (χ3n) is 8.01. The van der Waals surface area contributed by atoms with Gasteiger partial charge in [-0.2, -0.15) is 0 Å². The van der Waals surface area contributed by atoms with Crippen molar-refractivity contribution in [2.75, 3.05) is 6.54 Å². The zero-order valence-corrected chi connectivity index (χ0v) is 27.8. The molecule has 0 saturated carbocycles. The van der Waals surface area contributed by atoms with Gasteiger partial charge in [-0.15, -0.1) is 0 Å². The largest absolute Gasteiger partial charge is 0.480 e. The number of benzene rings is 3. The number of aryl methyl sites for hydroxylation is 1. The fraction of sp³-hybridized carbons (Fsp3) is 0.273. The number of imidazole rings is 1. The third-order valence-corrected chi connectivity index (χ3v) is 9.09. The number of hydrogen-bond donors (Lipinski definition) is 4. The number of guanidine groups is 1. The summed E-state index contributed by atoms with van der Waals surface area (Å²) in [7, 11) is 0. The van der Waals surface area contributed by atoms with Crippen LogP contribution in [-0.2, 0) is 23.1 Å². The number of carbonyl (C=O) groups excluding carboxylic acids is 1. The Kier molecular flexibility index (Phi) is 11.0. The van der Waals surface area contributed by atoms with E-state index in [9.17, 15) is 19.1 Å². The Balaban J connectivity index is 1.66. The average Bonchev–Trinajstić information content (AvgIpc) is 3.44. The molecule has 0 aliphatic rings. The van der Waals surface area contributed by atoms with Crippen molar-refractivity contribution < 1.29 is 23.5 Å². The molecule has 0 aliphatic carbocycles. The van der Waals surface area contributed by atoms with Gasteiger partial charge in [-0.3, -0.25) is 14.4 Å². The van der Waals surface area contributed by atoms with E-state index >= 15 is 4.39 Å². The predicted molar refractivity (Wildman–Crippen MR) is 180 cm³/mol. The Morgan fingerprint density at radius 1 is 0.957 bits per heavy atom. The molecule has 4 aromatic rings. The first-order chi connectivity index (χ1) is 22.1. The Bertz CT molecular complexity index is 1820. The standard InChI is InChI=1S/C33H33Cl3F2N6O3/c1-32(2,19-4-10-23(34)25(36)16-19)27-17-43-28(44(27)21-7-5-20(37)6-8-21)11-9-22-24(35)14-18(15-26(22)38)29(45)33(41,30(46)47)12-3-13-42-31(39)40/h4-8,10,14-17H,3,9,11-13,41H2,1-2H3,(H,46,47)(H4,39,40,42)/t33-/m1/s1. The quantitative estimate of drug-likeness (QED) is 0.0421. The molecule has 1 aromatic heterocycles. The lowest BCUT2D eigenvalue weighted by atomic mass is 9.81. The van der Waals surface area contributed by atoms with Gasteiger partial charge in [0, 0.05) is 46.4 Å². The highest BCUT2D eigenvalue weighted by Crippen LogP contribution is 2.37. The van der Waals surface area contributed by atoms with Gasteiger partial charge in [0.05, 0.1) is 15.7 Å². The van der Waals surface area contributed by atoms with Crippen LogP contribution in [0.1, 0.15) is 59.7 Å². The number of rotatable bonds is 13. The maximum absolute atomic E-state index is 15.6. The molecule has 1 atom stereocenters. The molecular formula is C33H33Cl3F2N6O3. The van der Waals surface area contributed by atoms with Gasteiger partial charge in [-0.25, -0.2) is 18.6 Å². The van der Waals surface area contributed by atoms with Gasteiger partial charge in [0.15, 0.2) is 17.3 Å². The van der Waals surface area contributed by atoms with Crippen LogP contribution in [0.4, 0.5) is 8.78 Å². The lowest BCUT2D eigenvalue weighted by Gasteiger charge is -2.28. The first-order valence-corrected chi connectivity index (χ1v) is 15.6. The maximum atomic E-state index is 15.6. The SMILES string of the molecule is CC(C)(c1ccc(Cl)c(Cl)c1)c1cnc(CCc2c(F)cc(C(=O)[C@](N)(CCCN=C(N)N)C(=O)O)cc2Cl)n1-c1ccc(F)cc1. The molecule has 9 nitrogen and oxygen atoms in total. The molecule has 248 valence electrons. The lowest BCUT2D eigenvalue weighted by molar-refractivity contribution is -0.141. The number of aliphatic imine (C=N–C) groups is 1. The summed E-state index contributed by atoms with van der Waals surface area (Å²) in [5.74, 6) is -3.48. The second-order valence-electron chi connectivity index (χ2n) is 11.6. The van der Waals surface area contributed by atoms with E-state index < -0.39 is 34.3 Å². The summed E-state index contributed by atoms with van der Waals surface area (Å²) in [6, 6.07) is 13.4. The minimum absolute atomic E-state index is 0.0515. The number of carboxylic acid groups (broad SMARTS) is 1. The zero-order chi connectivity index (χ0) is 34.7. The van der Waals surface area contributed by atoms with E-state index in [0.717, 1.165) is 17.3 Å². The number of ketones is 1. The fourth-order valence-corrected chi connectivity index (χ4v) is 5.87. The van der Waals surface area contributed by atoms with E-state index in [1.54, 1.807) is 30.5 Å². The van der Waals surface area contributed by atoms with Crippen LogP contribution in [-0.4, -0.2) is 44.5 Å². The molecule has 0 saturated heterocycles. The number of nitrogens with two attached hydrogens (primary N) is 3. The van der Waals surface area contributed by atoms with Gasteiger partial charge in [0.1, 0.15) is 17.5 Å². The van der Waals surface area contributed by atoms with Crippen LogP contribution in [0.3, 0.4) is 0 Å². The van der Waals surface area contributed by atoms with E-state index in [0.29, 0.717) is 21.6 Å². The molecular weight excluding hydrogens is 673 g/mol. The van der Waals surface area contributed by atoms with Crippen LogP contribution in [0.15, 0.2) is 65.8 Å². The number of carboxylic acids is 1. The molecule has 0 fully saturated rings. The van der Waals surface area contributed by atoms with Crippen LogP contribution in [0.25, 0.3) is 5.69 Å². The van der Waals surface area contributed by atoms with Gasteiger partial charge < -0.3 is 22.3 Å². The first kappa shape index (κ1) is 35.8. The summed E-state index contributed by atoms with van der Waals surface area (Å²) >= 11 is 19.0. The molecule has 0 aliphatic heterocycles. The molecule has 14 heteroatoms. The summed E-state index contributed by atoms with van der Waals surface area (Å²) in [6.07, 6.45) is 1.74. The molecule has 0 radical (unpaired) electrons. The predicted octanol–water partition coefficient (Wildman–Crippen LogP) is 6.24. The summed E-state index contributed by atoms with van der Waals surface area (Å²) in [6.45, 7) is 4.01. The Hall–Kier alpha value is -4.03. The number of aliphatic carboxylic acids is 1. The summed E-state index contributed by atoms with van der Waals surface area (Å²) in [5, 5.41) is 10.5. The molecule has 1 heterocycles.